The molecule has 1 aliphatic rings. The van der Waals surface area contributed by atoms with Gasteiger partial charge in [-0.25, -0.2) is 4.98 Å². The Bertz CT molecular complexity index is 795. The molecule has 1 aromatic heterocycles. The van der Waals surface area contributed by atoms with Gasteiger partial charge in [-0.3, -0.25) is 9.59 Å². The molecule has 1 fully saturated rings. The quantitative estimate of drug-likeness (QED) is 0.808. The number of carbonyl (C=O) groups excluding carboxylic acids is 2. The summed E-state index contributed by atoms with van der Waals surface area (Å²) in [5, 5.41) is 4.96. The molecule has 1 saturated carbocycles. The molecule has 0 radical (unpaired) electrons. The van der Waals surface area contributed by atoms with Crippen LogP contribution in [-0.4, -0.2) is 29.9 Å². The van der Waals surface area contributed by atoms with Crippen molar-refractivity contribution in [3.63, 3.8) is 0 Å². The third-order valence-electron chi connectivity index (χ3n) is 4.34. The van der Waals surface area contributed by atoms with E-state index < -0.39 is 5.38 Å². The first-order valence-corrected chi connectivity index (χ1v) is 8.67. The number of nitrogens with zero attached hydrogens (tertiary/aromatic N) is 1. The number of benzene rings is 1. The van der Waals surface area contributed by atoms with Crippen molar-refractivity contribution in [2.24, 2.45) is 5.92 Å². The van der Waals surface area contributed by atoms with E-state index in [4.69, 9.17) is 11.6 Å². The molecule has 25 heavy (non-hydrogen) atoms. The summed E-state index contributed by atoms with van der Waals surface area (Å²) in [6.45, 7) is 2.09. The van der Waals surface area contributed by atoms with Gasteiger partial charge in [-0.1, -0.05) is 37.3 Å². The Kier molecular flexibility index (Phi) is 5.04. The minimum Gasteiger partial charge on any atom is -0.354 e. The van der Waals surface area contributed by atoms with E-state index in [0.29, 0.717) is 17.2 Å². The third kappa shape index (κ3) is 3.99. The molecule has 6 heteroatoms. The van der Waals surface area contributed by atoms with Crippen molar-refractivity contribution < 1.29 is 9.59 Å². The Morgan fingerprint density at radius 3 is 2.48 bits per heavy atom. The lowest BCUT2D eigenvalue weighted by atomic mass is 10.1. The van der Waals surface area contributed by atoms with E-state index in [0.717, 1.165) is 12.0 Å². The van der Waals surface area contributed by atoms with Crippen LogP contribution in [0.25, 0.3) is 0 Å². The zero-order valence-corrected chi connectivity index (χ0v) is 14.9. The number of amides is 2. The first kappa shape index (κ1) is 17.4. The molecule has 1 unspecified atom stereocenters. The van der Waals surface area contributed by atoms with Crippen LogP contribution in [0.5, 0.6) is 0 Å². The summed E-state index contributed by atoms with van der Waals surface area (Å²) in [4.78, 5) is 28.9. The van der Waals surface area contributed by atoms with Gasteiger partial charge in [0.25, 0.3) is 11.8 Å². The number of hydrogen-bond donors (Lipinski definition) is 2. The standard InChI is InChI=1S/C19H20ClN3O2/c1-11-8-14(11)23-18(24)13-9-15(22-16(10-13)19(25)21-2)17(20)12-6-4-3-5-7-12/h3-7,9-11,14,17H,8H2,1-2H3,(H,21,25)(H,23,24)/t11-,14-,17?/m0/s1. The van der Waals surface area contributed by atoms with Crippen molar-refractivity contribution in [3.05, 3.63) is 65.0 Å². The lowest BCUT2D eigenvalue weighted by Crippen LogP contribution is -2.28. The van der Waals surface area contributed by atoms with Gasteiger partial charge in [0.05, 0.1) is 5.69 Å². The highest BCUT2D eigenvalue weighted by Gasteiger charge is 2.34. The molecule has 130 valence electrons. The van der Waals surface area contributed by atoms with E-state index in [9.17, 15) is 9.59 Å². The second-order valence-electron chi connectivity index (χ2n) is 6.31. The van der Waals surface area contributed by atoms with Gasteiger partial charge < -0.3 is 10.6 Å². The normalized spacial score (nSPS) is 19.8. The fourth-order valence-electron chi connectivity index (χ4n) is 2.62. The minimum atomic E-state index is -0.544. The molecule has 5 nitrogen and oxygen atoms in total. The van der Waals surface area contributed by atoms with Crippen LogP contribution in [-0.2, 0) is 0 Å². The molecule has 1 heterocycles. The van der Waals surface area contributed by atoms with Gasteiger partial charge in [0.1, 0.15) is 11.1 Å². The van der Waals surface area contributed by atoms with E-state index in [1.54, 1.807) is 6.07 Å². The monoisotopic (exact) mass is 357 g/mol. The Morgan fingerprint density at radius 1 is 1.20 bits per heavy atom. The number of halogens is 1. The molecule has 0 aliphatic heterocycles. The summed E-state index contributed by atoms with van der Waals surface area (Å²) >= 11 is 6.54. The second kappa shape index (κ2) is 7.23. The molecular formula is C19H20ClN3O2. The molecule has 0 bridgehead atoms. The Morgan fingerprint density at radius 2 is 1.88 bits per heavy atom. The Hall–Kier alpha value is -2.40. The summed E-state index contributed by atoms with van der Waals surface area (Å²) in [7, 11) is 1.53. The average molecular weight is 358 g/mol. The van der Waals surface area contributed by atoms with Crippen molar-refractivity contribution in [1.29, 1.82) is 0 Å². The van der Waals surface area contributed by atoms with Crippen LogP contribution in [0, 0.1) is 5.92 Å². The number of carbonyl (C=O) groups is 2. The number of hydrogen-bond acceptors (Lipinski definition) is 3. The number of pyridine rings is 1. The van der Waals surface area contributed by atoms with Gasteiger partial charge in [-0.15, -0.1) is 11.6 Å². The molecule has 2 N–H and O–H groups in total. The lowest BCUT2D eigenvalue weighted by Gasteiger charge is -2.13. The number of rotatable bonds is 5. The minimum absolute atomic E-state index is 0.176. The maximum atomic E-state index is 12.5. The Balaban J connectivity index is 1.95. The number of alkyl halides is 1. The highest BCUT2D eigenvalue weighted by molar-refractivity contribution is 6.22. The molecule has 3 atom stereocenters. The molecule has 1 aliphatic carbocycles. The fraction of sp³-hybridized carbons (Fsp3) is 0.316. The highest BCUT2D eigenvalue weighted by atomic mass is 35.5. The summed E-state index contributed by atoms with van der Waals surface area (Å²) in [6, 6.07) is 12.8. The van der Waals surface area contributed by atoms with Crippen LogP contribution in [0.2, 0.25) is 0 Å². The van der Waals surface area contributed by atoms with Crippen molar-refractivity contribution >= 4 is 23.4 Å². The molecule has 0 spiro atoms. The van der Waals surface area contributed by atoms with Gasteiger partial charge in [-0.2, -0.15) is 0 Å². The predicted octanol–water partition coefficient (Wildman–Crippen LogP) is 2.91. The van der Waals surface area contributed by atoms with E-state index >= 15 is 0 Å². The molecule has 3 rings (SSSR count). The zero-order chi connectivity index (χ0) is 18.0. The van der Waals surface area contributed by atoms with E-state index in [1.807, 2.05) is 30.3 Å². The lowest BCUT2D eigenvalue weighted by molar-refractivity contribution is 0.0949. The first-order chi connectivity index (χ1) is 12.0. The molecule has 2 aromatic rings. The predicted molar refractivity (Wildman–Crippen MR) is 96.8 cm³/mol. The van der Waals surface area contributed by atoms with Crippen molar-refractivity contribution in [2.75, 3.05) is 7.05 Å². The van der Waals surface area contributed by atoms with E-state index in [2.05, 4.69) is 22.5 Å². The maximum Gasteiger partial charge on any atom is 0.269 e. The second-order valence-corrected chi connectivity index (χ2v) is 6.75. The van der Waals surface area contributed by atoms with Crippen LogP contribution in [0.15, 0.2) is 42.5 Å². The summed E-state index contributed by atoms with van der Waals surface area (Å²) in [5.74, 6) is -0.0681. The smallest absolute Gasteiger partial charge is 0.269 e. The largest absolute Gasteiger partial charge is 0.354 e. The van der Waals surface area contributed by atoms with Crippen LogP contribution < -0.4 is 10.6 Å². The van der Waals surface area contributed by atoms with E-state index in [1.165, 1.54) is 13.1 Å². The summed E-state index contributed by atoms with van der Waals surface area (Å²) < 4.78 is 0. The molecular weight excluding hydrogens is 338 g/mol. The third-order valence-corrected chi connectivity index (χ3v) is 4.82. The van der Waals surface area contributed by atoms with Crippen molar-refractivity contribution in [2.45, 2.75) is 24.8 Å². The zero-order valence-electron chi connectivity index (χ0n) is 14.1. The topological polar surface area (TPSA) is 71.1 Å². The van der Waals surface area contributed by atoms with Gasteiger partial charge in [0.2, 0.25) is 0 Å². The fourth-order valence-corrected chi connectivity index (χ4v) is 2.88. The van der Waals surface area contributed by atoms with Crippen LogP contribution in [0.4, 0.5) is 0 Å². The summed E-state index contributed by atoms with van der Waals surface area (Å²) in [6.07, 6.45) is 0.980. The van der Waals surface area contributed by atoms with Crippen LogP contribution in [0.3, 0.4) is 0 Å². The maximum absolute atomic E-state index is 12.5. The van der Waals surface area contributed by atoms with Crippen molar-refractivity contribution in [3.8, 4) is 0 Å². The number of aromatic nitrogens is 1. The van der Waals surface area contributed by atoms with Gasteiger partial charge >= 0.3 is 0 Å². The first-order valence-electron chi connectivity index (χ1n) is 8.23. The van der Waals surface area contributed by atoms with Crippen LogP contribution >= 0.6 is 11.6 Å². The number of nitrogens with one attached hydrogen (secondary N) is 2. The van der Waals surface area contributed by atoms with Crippen molar-refractivity contribution in [1.82, 2.24) is 15.6 Å². The van der Waals surface area contributed by atoms with Crippen LogP contribution in [0.1, 0.15) is 50.8 Å². The van der Waals surface area contributed by atoms with Gasteiger partial charge in [0.15, 0.2) is 0 Å². The average Bonchev–Trinajstić information content (AvgIpc) is 3.35. The van der Waals surface area contributed by atoms with E-state index in [-0.39, 0.29) is 23.6 Å². The highest BCUT2D eigenvalue weighted by Crippen LogP contribution is 2.30. The van der Waals surface area contributed by atoms with Gasteiger partial charge in [0, 0.05) is 18.7 Å². The Labute approximate surface area is 151 Å². The SMILES string of the molecule is CNC(=O)c1cc(C(=O)N[C@H]2C[C@@H]2C)cc(C(Cl)c2ccccc2)n1. The molecule has 1 aromatic carbocycles. The summed E-state index contributed by atoms with van der Waals surface area (Å²) in [5.41, 5.74) is 1.90. The molecule has 0 saturated heterocycles. The van der Waals surface area contributed by atoms with Gasteiger partial charge in [-0.05, 0) is 30.0 Å². The molecule has 2 amide bonds.